The van der Waals surface area contributed by atoms with Gasteiger partial charge in [0.2, 0.25) is 0 Å². The number of hydrogen-bond acceptors (Lipinski definition) is 3. The molecule has 0 N–H and O–H groups in total. The summed E-state index contributed by atoms with van der Waals surface area (Å²) in [4.78, 5) is 14.3. The van der Waals surface area contributed by atoms with Crippen LogP contribution in [0.25, 0.3) is 60.7 Å². The Morgan fingerprint density at radius 1 is 0.686 bits per heavy atom. The molecule has 0 saturated carbocycles. The predicted molar refractivity (Wildman–Crippen MR) is 140 cm³/mol. The van der Waals surface area contributed by atoms with Crippen molar-refractivity contribution in [2.75, 3.05) is 0 Å². The van der Waals surface area contributed by atoms with Crippen molar-refractivity contribution >= 4 is 38.5 Å². The molecule has 0 atom stereocenters. The van der Waals surface area contributed by atoms with Crippen LogP contribution in [-0.4, -0.2) is 19.4 Å². The lowest BCUT2D eigenvalue weighted by Gasteiger charge is -2.09. The Kier molecular flexibility index (Phi) is 3.11. The van der Waals surface area contributed by atoms with Gasteiger partial charge in [0.05, 0.1) is 28.3 Å². The Bertz CT molecular complexity index is 2070. The number of imidazole rings is 1. The minimum atomic E-state index is 0.917. The number of benzene rings is 3. The van der Waals surface area contributed by atoms with Gasteiger partial charge in [-0.1, -0.05) is 42.5 Å². The summed E-state index contributed by atoms with van der Waals surface area (Å²) in [6, 6.07) is 24.2. The maximum atomic E-state index is 5.14. The lowest BCUT2D eigenvalue weighted by molar-refractivity contribution is 1.22. The molecule has 0 saturated heterocycles. The van der Waals surface area contributed by atoms with Gasteiger partial charge in [-0.2, -0.15) is 0 Å². The summed E-state index contributed by atoms with van der Waals surface area (Å²) in [5, 5.41) is 2.17. The fourth-order valence-electron chi connectivity index (χ4n) is 6.56. The zero-order valence-corrected chi connectivity index (χ0v) is 18.8. The van der Waals surface area contributed by atoms with Gasteiger partial charge < -0.3 is 0 Å². The van der Waals surface area contributed by atoms with Crippen molar-refractivity contribution in [3.8, 4) is 22.3 Å². The topological polar surface area (TPSA) is 43.1 Å². The lowest BCUT2D eigenvalue weighted by atomic mass is 9.95. The van der Waals surface area contributed by atoms with Gasteiger partial charge in [0.1, 0.15) is 5.65 Å². The number of nitrogens with zero attached hydrogens (tertiary/aromatic N) is 4. The van der Waals surface area contributed by atoms with Crippen LogP contribution in [0.2, 0.25) is 0 Å². The molecule has 0 radical (unpaired) electrons. The molecule has 0 fully saturated rings. The first-order valence-corrected chi connectivity index (χ1v) is 12.0. The van der Waals surface area contributed by atoms with E-state index in [-0.39, 0.29) is 0 Å². The maximum absolute atomic E-state index is 5.14. The first kappa shape index (κ1) is 17.8. The largest absolute Gasteiger partial charge is 0.290 e. The smallest absolute Gasteiger partial charge is 0.148 e. The number of rotatable bonds is 0. The number of hydrogen-bond donors (Lipinski definition) is 0. The summed E-state index contributed by atoms with van der Waals surface area (Å²) in [6.07, 6.45) is 7.60. The average Bonchev–Trinajstić information content (AvgIpc) is 3.59. The highest BCUT2D eigenvalue weighted by molar-refractivity contribution is 6.12. The van der Waals surface area contributed by atoms with E-state index in [2.05, 4.69) is 70.0 Å². The number of fused-ring (bicyclic) bond motifs is 16. The molecule has 0 aliphatic heterocycles. The van der Waals surface area contributed by atoms with E-state index < -0.39 is 0 Å². The quantitative estimate of drug-likeness (QED) is 0.243. The van der Waals surface area contributed by atoms with Gasteiger partial charge in [0.25, 0.3) is 0 Å². The van der Waals surface area contributed by atoms with E-state index in [1.165, 1.54) is 50.0 Å². The third kappa shape index (κ3) is 2.11. The van der Waals surface area contributed by atoms with Gasteiger partial charge in [0, 0.05) is 29.6 Å². The molecule has 0 amide bonds. The van der Waals surface area contributed by atoms with E-state index in [1.807, 2.05) is 24.7 Å². The van der Waals surface area contributed by atoms with Gasteiger partial charge >= 0.3 is 0 Å². The molecule has 4 heteroatoms. The van der Waals surface area contributed by atoms with Crippen LogP contribution in [-0.2, 0) is 12.8 Å². The molecule has 0 bridgehead atoms. The summed E-state index contributed by atoms with van der Waals surface area (Å²) in [5.74, 6) is 0. The molecule has 9 rings (SSSR count). The van der Waals surface area contributed by atoms with Gasteiger partial charge in [-0.15, -0.1) is 0 Å². The fourth-order valence-corrected chi connectivity index (χ4v) is 6.56. The molecule has 4 nitrogen and oxygen atoms in total. The van der Waals surface area contributed by atoms with Crippen molar-refractivity contribution in [1.82, 2.24) is 19.4 Å². The van der Waals surface area contributed by atoms with E-state index >= 15 is 0 Å². The van der Waals surface area contributed by atoms with E-state index in [1.54, 1.807) is 0 Å². The minimum absolute atomic E-state index is 0.917. The maximum Gasteiger partial charge on any atom is 0.148 e. The Morgan fingerprint density at radius 2 is 1.60 bits per heavy atom. The Balaban J connectivity index is 1.42. The Morgan fingerprint density at radius 3 is 2.60 bits per heavy atom. The molecule has 35 heavy (non-hydrogen) atoms. The first-order chi connectivity index (χ1) is 17.4. The lowest BCUT2D eigenvalue weighted by Crippen LogP contribution is -1.95. The van der Waals surface area contributed by atoms with Crippen LogP contribution in [0.4, 0.5) is 0 Å². The molecule has 2 aliphatic rings. The third-order valence-corrected chi connectivity index (χ3v) is 7.98. The summed E-state index contributed by atoms with van der Waals surface area (Å²) in [5.41, 5.74) is 16.4. The monoisotopic (exact) mass is 446 g/mol. The van der Waals surface area contributed by atoms with Crippen molar-refractivity contribution in [1.29, 1.82) is 0 Å². The van der Waals surface area contributed by atoms with Crippen LogP contribution in [0, 0.1) is 0 Å². The number of pyridine rings is 3. The summed E-state index contributed by atoms with van der Waals surface area (Å²) in [6.45, 7) is 0. The van der Waals surface area contributed by atoms with Crippen molar-refractivity contribution in [3.05, 3.63) is 108 Å². The molecular weight excluding hydrogens is 428 g/mol. The van der Waals surface area contributed by atoms with Crippen LogP contribution in [0.15, 0.2) is 85.3 Å². The highest BCUT2D eigenvalue weighted by Crippen LogP contribution is 2.49. The molecule has 4 heterocycles. The molecule has 0 spiro atoms. The SMILES string of the molecule is c1ccc2c(c1)Cc1ccc3c(c1-2)Cc1c-3ccc2nc3c4cccnc4c4ccncc4n3c12. The molecular formula is C31H18N4. The average molecular weight is 447 g/mol. The Hall–Kier alpha value is -4.57. The minimum Gasteiger partial charge on any atom is -0.290 e. The van der Waals surface area contributed by atoms with E-state index in [0.717, 1.165) is 45.8 Å². The normalized spacial score (nSPS) is 13.5. The van der Waals surface area contributed by atoms with Gasteiger partial charge in [0.15, 0.2) is 0 Å². The third-order valence-electron chi connectivity index (χ3n) is 7.98. The van der Waals surface area contributed by atoms with Gasteiger partial charge in [-0.05, 0) is 75.2 Å². The van der Waals surface area contributed by atoms with Crippen molar-refractivity contribution in [3.63, 3.8) is 0 Å². The second-order valence-electron chi connectivity index (χ2n) is 9.66. The zero-order valence-electron chi connectivity index (χ0n) is 18.8. The van der Waals surface area contributed by atoms with Crippen LogP contribution in [0.1, 0.15) is 22.3 Å². The fraction of sp³-hybridized carbons (Fsp3) is 0.0645. The highest BCUT2D eigenvalue weighted by atomic mass is 15.0. The van der Waals surface area contributed by atoms with Gasteiger partial charge in [-0.25, -0.2) is 4.98 Å². The summed E-state index contributed by atoms with van der Waals surface area (Å²) >= 11 is 0. The zero-order chi connectivity index (χ0) is 22.7. The van der Waals surface area contributed by atoms with Crippen LogP contribution in [0.5, 0.6) is 0 Å². The predicted octanol–water partition coefficient (Wildman–Crippen LogP) is 6.73. The number of aromatic nitrogens is 4. The van der Waals surface area contributed by atoms with E-state index in [9.17, 15) is 0 Å². The van der Waals surface area contributed by atoms with Crippen LogP contribution >= 0.6 is 0 Å². The van der Waals surface area contributed by atoms with Crippen molar-refractivity contribution in [2.24, 2.45) is 0 Å². The van der Waals surface area contributed by atoms with Gasteiger partial charge in [-0.3, -0.25) is 14.4 Å². The second-order valence-corrected chi connectivity index (χ2v) is 9.66. The standard InChI is InChI=1S/C31H18N4/c1-2-5-19-17(4-1)14-18-7-8-20-21-9-10-26-30(25(21)15-24(20)28(18)19)35-27-16-32-13-11-22(27)29-23(31(35)34-26)6-3-12-33-29/h1-13,16H,14-15H2. The second kappa shape index (κ2) is 6.10. The molecule has 2 aliphatic carbocycles. The highest BCUT2D eigenvalue weighted by Gasteiger charge is 2.30. The molecule has 7 aromatic rings. The summed E-state index contributed by atoms with van der Waals surface area (Å²) in [7, 11) is 0. The van der Waals surface area contributed by atoms with E-state index in [0.29, 0.717) is 0 Å². The molecule has 3 aromatic carbocycles. The van der Waals surface area contributed by atoms with Crippen molar-refractivity contribution < 1.29 is 0 Å². The van der Waals surface area contributed by atoms with E-state index in [4.69, 9.17) is 9.97 Å². The van der Waals surface area contributed by atoms with Crippen LogP contribution < -0.4 is 0 Å². The molecule has 4 aromatic heterocycles. The Labute approximate surface area is 200 Å². The van der Waals surface area contributed by atoms with Crippen molar-refractivity contribution in [2.45, 2.75) is 12.8 Å². The summed E-state index contributed by atoms with van der Waals surface area (Å²) < 4.78 is 2.32. The van der Waals surface area contributed by atoms with Crippen LogP contribution in [0.3, 0.4) is 0 Å². The molecule has 162 valence electrons. The molecule has 0 unspecified atom stereocenters. The first-order valence-electron chi connectivity index (χ1n) is 12.0.